The van der Waals surface area contributed by atoms with Crippen molar-refractivity contribution in [3.8, 4) is 0 Å². The van der Waals surface area contributed by atoms with Crippen molar-refractivity contribution < 1.29 is 19.2 Å². The number of hydrogen-bond acceptors (Lipinski definition) is 4. The maximum Gasteiger partial charge on any atom is 0.222 e. The fraction of sp³-hybridized carbons (Fsp3) is 0.895. The van der Waals surface area contributed by atoms with Gasteiger partial charge in [-0.05, 0) is 25.7 Å². The van der Waals surface area contributed by atoms with E-state index in [1.54, 1.807) is 0 Å². The molecule has 0 unspecified atom stereocenters. The lowest BCUT2D eigenvalue weighted by Gasteiger charge is -2.28. The van der Waals surface area contributed by atoms with Crippen LogP contribution in [-0.4, -0.2) is 72.7 Å². The van der Waals surface area contributed by atoms with E-state index in [4.69, 9.17) is 0 Å². The summed E-state index contributed by atoms with van der Waals surface area (Å²) in [6.07, 6.45) is 23.9. The van der Waals surface area contributed by atoms with E-state index >= 15 is 0 Å². The summed E-state index contributed by atoms with van der Waals surface area (Å²) in [5, 5.41) is 6.02. The second-order valence-corrected chi connectivity index (χ2v) is 13.1. The Morgan fingerprint density at radius 1 is 0.370 bits per heavy atom. The van der Waals surface area contributed by atoms with Gasteiger partial charge in [-0.25, -0.2) is 0 Å². The fourth-order valence-corrected chi connectivity index (χ4v) is 5.66. The zero-order valence-electron chi connectivity index (χ0n) is 30.7. The molecule has 0 aliphatic heterocycles. The van der Waals surface area contributed by atoms with Crippen molar-refractivity contribution in [2.45, 2.75) is 182 Å². The first-order chi connectivity index (χ1) is 22.4. The van der Waals surface area contributed by atoms with Crippen molar-refractivity contribution in [3.05, 3.63) is 0 Å². The van der Waals surface area contributed by atoms with Crippen molar-refractivity contribution >= 4 is 23.6 Å². The summed E-state index contributed by atoms with van der Waals surface area (Å²) in [4.78, 5) is 55.1. The number of amides is 4. The third-order valence-electron chi connectivity index (χ3n) is 8.76. The number of hydrogen-bond donors (Lipinski definition) is 2. The first-order valence-corrected chi connectivity index (χ1v) is 19.5. The summed E-state index contributed by atoms with van der Waals surface area (Å²) < 4.78 is 0. The van der Waals surface area contributed by atoms with Crippen molar-refractivity contribution in [2.75, 3.05) is 39.3 Å². The summed E-state index contributed by atoms with van der Waals surface area (Å²) in [7, 11) is 0. The topological polar surface area (TPSA) is 98.8 Å². The first kappa shape index (κ1) is 43.9. The van der Waals surface area contributed by atoms with Crippen molar-refractivity contribution in [3.63, 3.8) is 0 Å². The Kier molecular flexibility index (Phi) is 31.3. The molecular formula is C38H74N4O4. The predicted molar refractivity (Wildman–Crippen MR) is 193 cm³/mol. The summed E-state index contributed by atoms with van der Waals surface area (Å²) in [6, 6.07) is 0. The average Bonchev–Trinajstić information content (AvgIpc) is 3.04. The fourth-order valence-electron chi connectivity index (χ4n) is 5.66. The van der Waals surface area contributed by atoms with Gasteiger partial charge in [-0.1, -0.05) is 130 Å². The summed E-state index contributed by atoms with van der Waals surface area (Å²) >= 11 is 0. The van der Waals surface area contributed by atoms with E-state index in [0.29, 0.717) is 65.0 Å². The SMILES string of the molecule is CCCCCCCC(=O)NCCN(CCN(CCNC(=O)CCCCCCC)C(=O)CCCCCCC)C(=O)CCCCCCC. The van der Waals surface area contributed by atoms with E-state index in [1.165, 1.54) is 64.2 Å². The van der Waals surface area contributed by atoms with Crippen LogP contribution in [0.25, 0.3) is 0 Å². The molecule has 0 fully saturated rings. The van der Waals surface area contributed by atoms with Crippen LogP contribution in [-0.2, 0) is 19.2 Å². The highest BCUT2D eigenvalue weighted by atomic mass is 16.2. The smallest absolute Gasteiger partial charge is 0.222 e. The molecule has 0 bridgehead atoms. The molecule has 270 valence electrons. The van der Waals surface area contributed by atoms with Crippen molar-refractivity contribution in [1.82, 2.24) is 20.4 Å². The highest BCUT2D eigenvalue weighted by Gasteiger charge is 2.19. The molecule has 0 aromatic heterocycles. The first-order valence-electron chi connectivity index (χ1n) is 19.5. The van der Waals surface area contributed by atoms with Gasteiger partial charge in [0.25, 0.3) is 0 Å². The molecule has 0 radical (unpaired) electrons. The molecule has 0 atom stereocenters. The van der Waals surface area contributed by atoms with Crippen LogP contribution >= 0.6 is 0 Å². The number of rotatable bonds is 33. The van der Waals surface area contributed by atoms with Crippen LogP contribution < -0.4 is 10.6 Å². The van der Waals surface area contributed by atoms with Gasteiger partial charge in [0.2, 0.25) is 23.6 Å². The number of nitrogens with one attached hydrogen (secondary N) is 2. The Morgan fingerprint density at radius 2 is 0.652 bits per heavy atom. The molecule has 0 saturated heterocycles. The quantitative estimate of drug-likeness (QED) is 0.0698. The Bertz CT molecular complexity index is 699. The molecule has 0 aliphatic rings. The number of carbonyl (C=O) groups is 4. The molecule has 0 aliphatic carbocycles. The van der Waals surface area contributed by atoms with Crippen molar-refractivity contribution in [2.24, 2.45) is 0 Å². The molecule has 0 rings (SSSR count). The minimum Gasteiger partial charge on any atom is -0.354 e. The predicted octanol–water partition coefficient (Wildman–Crippen LogP) is 8.32. The lowest BCUT2D eigenvalue weighted by atomic mass is 10.1. The van der Waals surface area contributed by atoms with Crippen molar-refractivity contribution in [1.29, 1.82) is 0 Å². The molecular weight excluding hydrogens is 576 g/mol. The summed E-state index contributed by atoms with van der Waals surface area (Å²) in [5.74, 6) is 0.274. The molecule has 0 heterocycles. The second kappa shape index (κ2) is 32.8. The molecule has 0 aromatic rings. The molecule has 2 N–H and O–H groups in total. The van der Waals surface area contributed by atoms with Gasteiger partial charge in [-0.3, -0.25) is 19.2 Å². The summed E-state index contributed by atoms with van der Waals surface area (Å²) in [6.45, 7) is 11.4. The van der Waals surface area contributed by atoms with Crippen LogP contribution in [0.5, 0.6) is 0 Å². The molecule has 8 nitrogen and oxygen atoms in total. The van der Waals surface area contributed by atoms with Crippen LogP contribution in [0.1, 0.15) is 182 Å². The number of carbonyl (C=O) groups excluding carboxylic acids is 4. The zero-order chi connectivity index (χ0) is 34.1. The normalized spacial score (nSPS) is 11.0. The molecule has 4 amide bonds. The third kappa shape index (κ3) is 27.0. The highest BCUT2D eigenvalue weighted by Crippen LogP contribution is 2.10. The molecule has 46 heavy (non-hydrogen) atoms. The lowest BCUT2D eigenvalue weighted by molar-refractivity contribution is -0.135. The van der Waals surface area contributed by atoms with Gasteiger partial charge in [0.1, 0.15) is 0 Å². The van der Waals surface area contributed by atoms with Crippen LogP contribution in [0.2, 0.25) is 0 Å². The zero-order valence-corrected chi connectivity index (χ0v) is 30.7. The Labute approximate surface area is 284 Å². The van der Waals surface area contributed by atoms with E-state index in [1.807, 2.05) is 9.80 Å². The van der Waals surface area contributed by atoms with Gasteiger partial charge in [0, 0.05) is 65.0 Å². The largest absolute Gasteiger partial charge is 0.354 e. The van der Waals surface area contributed by atoms with Crippen LogP contribution in [0.4, 0.5) is 0 Å². The third-order valence-corrected chi connectivity index (χ3v) is 8.76. The Morgan fingerprint density at radius 3 is 0.957 bits per heavy atom. The van der Waals surface area contributed by atoms with Crippen LogP contribution in [0.3, 0.4) is 0 Å². The minimum atomic E-state index is 0.0458. The number of unbranched alkanes of at least 4 members (excludes halogenated alkanes) is 16. The molecule has 0 saturated carbocycles. The Balaban J connectivity index is 5.12. The van der Waals surface area contributed by atoms with E-state index in [9.17, 15) is 19.2 Å². The number of nitrogens with zero attached hydrogens (tertiary/aromatic N) is 2. The van der Waals surface area contributed by atoms with Gasteiger partial charge in [-0.15, -0.1) is 0 Å². The van der Waals surface area contributed by atoms with Gasteiger partial charge in [0.05, 0.1) is 0 Å². The van der Waals surface area contributed by atoms with Gasteiger partial charge < -0.3 is 20.4 Å². The molecule has 0 spiro atoms. The minimum absolute atomic E-state index is 0.0458. The highest BCUT2D eigenvalue weighted by molar-refractivity contribution is 5.78. The van der Waals surface area contributed by atoms with E-state index in [0.717, 1.165) is 64.2 Å². The maximum absolute atomic E-state index is 13.3. The summed E-state index contributed by atoms with van der Waals surface area (Å²) in [5.41, 5.74) is 0. The van der Waals surface area contributed by atoms with Gasteiger partial charge >= 0.3 is 0 Å². The Hall–Kier alpha value is -2.12. The molecule has 0 aromatic carbocycles. The van der Waals surface area contributed by atoms with Gasteiger partial charge in [-0.2, -0.15) is 0 Å². The maximum atomic E-state index is 13.3. The second-order valence-electron chi connectivity index (χ2n) is 13.1. The average molecular weight is 651 g/mol. The van der Waals surface area contributed by atoms with Crippen LogP contribution in [0, 0.1) is 0 Å². The monoisotopic (exact) mass is 651 g/mol. The van der Waals surface area contributed by atoms with Gasteiger partial charge in [0.15, 0.2) is 0 Å². The van der Waals surface area contributed by atoms with E-state index in [2.05, 4.69) is 38.3 Å². The lowest BCUT2D eigenvalue weighted by Crippen LogP contribution is -2.45. The van der Waals surface area contributed by atoms with E-state index < -0.39 is 0 Å². The molecule has 8 heteroatoms. The van der Waals surface area contributed by atoms with Crippen LogP contribution in [0.15, 0.2) is 0 Å². The standard InChI is InChI=1S/C38H74N4O4/c1-5-9-13-17-21-25-35(43)39-29-31-41(37(45)27-23-19-15-11-7-3)33-34-42(38(46)28-24-20-16-12-8-4)32-30-40-36(44)26-22-18-14-10-6-2/h5-34H2,1-4H3,(H,39,43)(H,40,44). The van der Waals surface area contributed by atoms with E-state index in [-0.39, 0.29) is 23.6 Å².